The Morgan fingerprint density at radius 2 is 2.04 bits per heavy atom. The molecule has 1 aliphatic heterocycles. The molecule has 2 unspecified atom stereocenters. The summed E-state index contributed by atoms with van der Waals surface area (Å²) in [7, 11) is 2.06. The Hall–Kier alpha value is -2.43. The summed E-state index contributed by atoms with van der Waals surface area (Å²) in [6.07, 6.45) is 5.93. The average molecular weight is 319 g/mol. The van der Waals surface area contributed by atoms with Crippen LogP contribution in [0.4, 0.5) is 5.95 Å². The van der Waals surface area contributed by atoms with E-state index in [-0.39, 0.29) is 0 Å². The summed E-state index contributed by atoms with van der Waals surface area (Å²) < 4.78 is 2.12. The van der Waals surface area contributed by atoms with E-state index in [0.717, 1.165) is 40.7 Å². The molecule has 0 amide bonds. The summed E-state index contributed by atoms with van der Waals surface area (Å²) in [5.74, 6) is 2.76. The van der Waals surface area contributed by atoms with Crippen LogP contribution in [0.15, 0.2) is 30.5 Å². The highest BCUT2D eigenvalue weighted by molar-refractivity contribution is 5.83. The Morgan fingerprint density at radius 3 is 2.92 bits per heavy atom. The smallest absolute Gasteiger partial charge is 0.227 e. The van der Waals surface area contributed by atoms with Crippen molar-refractivity contribution in [2.24, 2.45) is 13.0 Å². The highest BCUT2D eigenvalue weighted by Crippen LogP contribution is 2.41. The summed E-state index contributed by atoms with van der Waals surface area (Å²) >= 11 is 0. The van der Waals surface area contributed by atoms with Gasteiger partial charge in [-0.3, -0.25) is 9.55 Å². The molecule has 1 aliphatic carbocycles. The molecule has 2 aliphatic rings. The Kier molecular flexibility index (Phi) is 2.93. The minimum Gasteiger partial charge on any atom is -0.337 e. The summed E-state index contributed by atoms with van der Waals surface area (Å²) in [5, 5.41) is 10.1. The van der Waals surface area contributed by atoms with Gasteiger partial charge in [0, 0.05) is 36.8 Å². The van der Waals surface area contributed by atoms with Crippen molar-refractivity contribution in [3.8, 4) is 11.4 Å². The second-order valence-corrected chi connectivity index (χ2v) is 7.21. The number of aromatic nitrogens is 4. The monoisotopic (exact) mass is 319 g/mol. The van der Waals surface area contributed by atoms with Crippen molar-refractivity contribution in [2.75, 3.05) is 11.4 Å². The van der Waals surface area contributed by atoms with Crippen molar-refractivity contribution < 1.29 is 0 Å². The van der Waals surface area contributed by atoms with Gasteiger partial charge in [-0.05, 0) is 43.4 Å². The third kappa shape index (κ3) is 1.97. The highest BCUT2D eigenvalue weighted by atomic mass is 15.4. The van der Waals surface area contributed by atoms with Gasteiger partial charge in [-0.1, -0.05) is 18.6 Å². The van der Waals surface area contributed by atoms with Crippen molar-refractivity contribution in [1.29, 1.82) is 0 Å². The fourth-order valence-electron chi connectivity index (χ4n) is 4.30. The molecule has 2 atom stereocenters. The molecular weight excluding hydrogens is 298 g/mol. The molecule has 3 aromatic rings. The topological polar surface area (TPSA) is 46.8 Å². The molecule has 2 fully saturated rings. The summed E-state index contributed by atoms with van der Waals surface area (Å²) in [5.41, 5.74) is 3.28. The van der Waals surface area contributed by atoms with E-state index in [0.29, 0.717) is 6.04 Å². The largest absolute Gasteiger partial charge is 0.337 e. The van der Waals surface area contributed by atoms with Crippen LogP contribution in [0.25, 0.3) is 22.3 Å². The zero-order valence-corrected chi connectivity index (χ0v) is 14.1. The predicted octanol–water partition coefficient (Wildman–Crippen LogP) is 3.33. The average Bonchev–Trinajstić information content (AvgIpc) is 3.12. The van der Waals surface area contributed by atoms with Crippen LogP contribution in [0.3, 0.4) is 0 Å². The normalized spacial score (nSPS) is 22.7. The second-order valence-electron chi connectivity index (χ2n) is 7.21. The number of nitrogens with zero attached hydrogens (tertiary/aromatic N) is 5. The fourth-order valence-corrected chi connectivity index (χ4v) is 4.30. The van der Waals surface area contributed by atoms with E-state index in [1.807, 2.05) is 6.20 Å². The van der Waals surface area contributed by atoms with Crippen LogP contribution in [0.1, 0.15) is 24.8 Å². The molecule has 5 heteroatoms. The van der Waals surface area contributed by atoms with Gasteiger partial charge in [-0.15, -0.1) is 10.2 Å². The zero-order valence-electron chi connectivity index (χ0n) is 14.1. The summed E-state index contributed by atoms with van der Waals surface area (Å²) in [4.78, 5) is 7.03. The van der Waals surface area contributed by atoms with Crippen LogP contribution < -0.4 is 4.90 Å². The first-order chi connectivity index (χ1) is 11.7. The first-order valence-corrected chi connectivity index (χ1v) is 8.73. The first kappa shape index (κ1) is 14.0. The SMILES string of the molecule is Cc1ccc2cc(-c3nnc(N4CC5CCCC54)n3C)cnc2c1. The molecule has 3 heterocycles. The standard InChI is InChI=1S/C19H21N5/c1-12-6-7-13-9-15(10-20-16(13)8-12)18-21-22-19(23(18)2)24-11-14-4-3-5-17(14)24/h6-10,14,17H,3-5,11H2,1-2H3. The van der Waals surface area contributed by atoms with Gasteiger partial charge in [-0.25, -0.2) is 0 Å². The molecule has 1 saturated carbocycles. The van der Waals surface area contributed by atoms with Crippen molar-refractivity contribution >= 4 is 16.9 Å². The third-order valence-corrected chi connectivity index (χ3v) is 5.66. The molecule has 5 nitrogen and oxygen atoms in total. The van der Waals surface area contributed by atoms with Crippen molar-refractivity contribution in [2.45, 2.75) is 32.2 Å². The minimum atomic E-state index is 0.679. The van der Waals surface area contributed by atoms with Crippen LogP contribution in [-0.2, 0) is 7.05 Å². The molecule has 0 spiro atoms. The number of fused-ring (bicyclic) bond motifs is 2. The Labute approximate surface area is 141 Å². The van der Waals surface area contributed by atoms with Gasteiger partial charge in [0.25, 0.3) is 0 Å². The maximum atomic E-state index is 4.61. The van der Waals surface area contributed by atoms with Crippen LogP contribution in [-0.4, -0.2) is 32.3 Å². The molecule has 122 valence electrons. The van der Waals surface area contributed by atoms with E-state index in [1.165, 1.54) is 24.8 Å². The molecule has 5 rings (SSSR count). The molecule has 0 radical (unpaired) electrons. The third-order valence-electron chi connectivity index (χ3n) is 5.66. The molecule has 24 heavy (non-hydrogen) atoms. The lowest BCUT2D eigenvalue weighted by molar-refractivity contribution is 0.330. The number of anilines is 1. The van der Waals surface area contributed by atoms with E-state index < -0.39 is 0 Å². The van der Waals surface area contributed by atoms with Gasteiger partial charge < -0.3 is 4.90 Å². The zero-order chi connectivity index (χ0) is 16.3. The Balaban J connectivity index is 1.52. The lowest BCUT2D eigenvalue weighted by atomic mass is 9.92. The Bertz CT molecular complexity index is 929. The quantitative estimate of drug-likeness (QED) is 0.727. The second kappa shape index (κ2) is 5.03. The number of rotatable bonds is 2. The molecular formula is C19H21N5. The van der Waals surface area contributed by atoms with E-state index in [2.05, 4.69) is 62.9 Å². The maximum Gasteiger partial charge on any atom is 0.227 e. The molecule has 1 aromatic carbocycles. The lowest BCUT2D eigenvalue weighted by Gasteiger charge is -2.44. The van der Waals surface area contributed by atoms with Gasteiger partial charge >= 0.3 is 0 Å². The van der Waals surface area contributed by atoms with E-state index >= 15 is 0 Å². The number of pyridine rings is 1. The number of hydrogen-bond donors (Lipinski definition) is 0. The maximum absolute atomic E-state index is 4.61. The van der Waals surface area contributed by atoms with E-state index in [9.17, 15) is 0 Å². The van der Waals surface area contributed by atoms with E-state index in [1.54, 1.807) is 0 Å². The molecule has 0 N–H and O–H groups in total. The van der Waals surface area contributed by atoms with Crippen LogP contribution in [0.5, 0.6) is 0 Å². The van der Waals surface area contributed by atoms with Gasteiger partial charge in [0.1, 0.15) is 0 Å². The highest BCUT2D eigenvalue weighted by Gasteiger charge is 2.43. The number of hydrogen-bond acceptors (Lipinski definition) is 4. The van der Waals surface area contributed by atoms with Crippen molar-refractivity contribution in [3.63, 3.8) is 0 Å². The summed E-state index contributed by atoms with van der Waals surface area (Å²) in [6.45, 7) is 3.22. The van der Waals surface area contributed by atoms with Gasteiger partial charge in [0.2, 0.25) is 5.95 Å². The number of aryl methyl sites for hydroxylation is 1. The van der Waals surface area contributed by atoms with Crippen LogP contribution in [0.2, 0.25) is 0 Å². The van der Waals surface area contributed by atoms with Crippen molar-refractivity contribution in [1.82, 2.24) is 19.7 Å². The van der Waals surface area contributed by atoms with Gasteiger partial charge in [-0.2, -0.15) is 0 Å². The van der Waals surface area contributed by atoms with Crippen LogP contribution in [0, 0.1) is 12.8 Å². The summed E-state index contributed by atoms with van der Waals surface area (Å²) in [6, 6.07) is 9.19. The van der Waals surface area contributed by atoms with E-state index in [4.69, 9.17) is 0 Å². The lowest BCUT2D eigenvalue weighted by Crippen LogP contribution is -2.54. The molecule has 0 bridgehead atoms. The molecule has 1 saturated heterocycles. The molecule has 2 aromatic heterocycles. The Morgan fingerprint density at radius 1 is 1.12 bits per heavy atom. The first-order valence-electron chi connectivity index (χ1n) is 8.73. The number of benzene rings is 1. The van der Waals surface area contributed by atoms with Crippen molar-refractivity contribution in [3.05, 3.63) is 36.0 Å². The predicted molar refractivity (Wildman–Crippen MR) is 95.0 cm³/mol. The van der Waals surface area contributed by atoms with Gasteiger partial charge in [0.15, 0.2) is 5.82 Å². The minimum absolute atomic E-state index is 0.679. The van der Waals surface area contributed by atoms with Crippen LogP contribution >= 0.6 is 0 Å². The fraction of sp³-hybridized carbons (Fsp3) is 0.421. The van der Waals surface area contributed by atoms with Gasteiger partial charge in [0.05, 0.1) is 5.52 Å².